The third-order valence-electron chi connectivity index (χ3n) is 5.56. The van der Waals surface area contributed by atoms with Gasteiger partial charge >= 0.3 is 5.97 Å². The molecule has 1 aliphatic heterocycles. The maximum absolute atomic E-state index is 13.3. The van der Waals surface area contributed by atoms with Gasteiger partial charge in [-0.05, 0) is 12.8 Å². The first-order valence-corrected chi connectivity index (χ1v) is 10.7. The summed E-state index contributed by atoms with van der Waals surface area (Å²) in [7, 11) is 0. The second-order valence-corrected chi connectivity index (χ2v) is 8.00. The Morgan fingerprint density at radius 2 is 1.65 bits per heavy atom. The number of carbonyl (C=O) groups is 4. The second-order valence-electron chi connectivity index (χ2n) is 8.00. The Labute approximate surface area is 194 Å². The highest BCUT2D eigenvalue weighted by atomic mass is 16.4. The molecule has 0 bridgehead atoms. The lowest BCUT2D eigenvalue weighted by Crippen LogP contribution is -2.58. The lowest BCUT2D eigenvalue weighted by atomic mass is 10.1. The van der Waals surface area contributed by atoms with Crippen LogP contribution in [-0.2, 0) is 32.0 Å². The number of aromatic nitrogens is 4. The van der Waals surface area contributed by atoms with E-state index >= 15 is 0 Å². The monoisotopic (exact) mass is 476 g/mol. The standard InChI is InChI=1S/C20H28N8O6/c21-13(8-29)17(30)26-14(4-11-6-22-9-24-11)18(31)27-15(5-12-7-23-10-25-12)19(32)28-3-1-2-16(28)20(33)34/h6-7,9-10,13-16,29H,1-5,8,21H2,(H,22,24)(H,23,25)(H,26,30)(H,27,31)(H,33,34). The van der Waals surface area contributed by atoms with E-state index in [1.54, 1.807) is 0 Å². The number of rotatable bonds is 11. The summed E-state index contributed by atoms with van der Waals surface area (Å²) >= 11 is 0. The normalized spacial score (nSPS) is 18.2. The summed E-state index contributed by atoms with van der Waals surface area (Å²) in [5.74, 6) is -3.09. The zero-order chi connectivity index (χ0) is 24.7. The van der Waals surface area contributed by atoms with Crippen molar-refractivity contribution in [1.29, 1.82) is 0 Å². The first kappa shape index (κ1) is 24.9. The Kier molecular flexibility index (Phi) is 8.32. The summed E-state index contributed by atoms with van der Waals surface area (Å²) in [6.07, 6.45) is 6.72. The molecule has 14 nitrogen and oxygen atoms in total. The number of aliphatic hydroxyl groups excluding tert-OH is 1. The molecule has 3 rings (SSSR count). The summed E-state index contributed by atoms with van der Waals surface area (Å²) in [6.45, 7) is -0.360. The molecule has 3 heterocycles. The molecule has 0 radical (unpaired) electrons. The van der Waals surface area contributed by atoms with Crippen LogP contribution in [0, 0.1) is 0 Å². The average molecular weight is 476 g/mol. The Balaban J connectivity index is 1.81. The highest BCUT2D eigenvalue weighted by molar-refractivity contribution is 5.94. The number of nitrogens with two attached hydrogens (primary N) is 1. The van der Waals surface area contributed by atoms with Gasteiger partial charge in [0, 0.05) is 43.2 Å². The minimum atomic E-state index is -1.24. The quantitative estimate of drug-likeness (QED) is 0.179. The van der Waals surface area contributed by atoms with Gasteiger partial charge in [0.2, 0.25) is 17.7 Å². The predicted molar refractivity (Wildman–Crippen MR) is 116 cm³/mol. The molecule has 34 heavy (non-hydrogen) atoms. The molecule has 184 valence electrons. The van der Waals surface area contributed by atoms with Crippen LogP contribution in [0.5, 0.6) is 0 Å². The molecule has 8 N–H and O–H groups in total. The molecule has 14 heteroatoms. The molecule has 3 amide bonds. The predicted octanol–water partition coefficient (Wildman–Crippen LogP) is -2.72. The van der Waals surface area contributed by atoms with Crippen LogP contribution in [0.25, 0.3) is 0 Å². The van der Waals surface area contributed by atoms with Crippen molar-refractivity contribution in [3.8, 4) is 0 Å². The fraction of sp³-hybridized carbons (Fsp3) is 0.500. The molecular formula is C20H28N8O6. The van der Waals surface area contributed by atoms with E-state index in [4.69, 9.17) is 10.8 Å². The molecule has 0 aromatic carbocycles. The lowest BCUT2D eigenvalue weighted by Gasteiger charge is -2.28. The highest BCUT2D eigenvalue weighted by Gasteiger charge is 2.38. The fourth-order valence-corrected chi connectivity index (χ4v) is 3.76. The van der Waals surface area contributed by atoms with Crippen LogP contribution in [0.2, 0.25) is 0 Å². The van der Waals surface area contributed by atoms with Crippen LogP contribution in [0.4, 0.5) is 0 Å². The summed E-state index contributed by atoms with van der Waals surface area (Å²) in [6, 6.07) is -4.46. The van der Waals surface area contributed by atoms with E-state index in [9.17, 15) is 24.3 Å². The largest absolute Gasteiger partial charge is 0.480 e. The Hall–Kier alpha value is -3.78. The molecule has 2 aromatic rings. The number of amides is 3. The maximum Gasteiger partial charge on any atom is 0.326 e. The van der Waals surface area contributed by atoms with Crippen molar-refractivity contribution in [2.75, 3.05) is 13.2 Å². The van der Waals surface area contributed by atoms with E-state index in [1.165, 1.54) is 29.9 Å². The van der Waals surface area contributed by atoms with Gasteiger partial charge in [-0.15, -0.1) is 0 Å². The van der Waals surface area contributed by atoms with Gasteiger partial charge in [0.1, 0.15) is 24.2 Å². The van der Waals surface area contributed by atoms with Crippen LogP contribution in [-0.4, -0.2) is 96.1 Å². The first-order chi connectivity index (χ1) is 16.3. The van der Waals surface area contributed by atoms with E-state index < -0.39 is 54.5 Å². The molecule has 1 aliphatic rings. The van der Waals surface area contributed by atoms with Gasteiger partial charge in [-0.1, -0.05) is 0 Å². The van der Waals surface area contributed by atoms with Crippen LogP contribution in [0.3, 0.4) is 0 Å². The smallest absolute Gasteiger partial charge is 0.326 e. The van der Waals surface area contributed by atoms with Gasteiger partial charge < -0.3 is 41.4 Å². The molecule has 4 unspecified atom stereocenters. The number of carboxylic acids is 1. The number of aromatic amines is 2. The first-order valence-electron chi connectivity index (χ1n) is 10.7. The summed E-state index contributed by atoms with van der Waals surface area (Å²) in [4.78, 5) is 65.1. The summed E-state index contributed by atoms with van der Waals surface area (Å²) in [5.41, 5.74) is 6.66. The van der Waals surface area contributed by atoms with Crippen molar-refractivity contribution in [2.24, 2.45) is 5.73 Å². The van der Waals surface area contributed by atoms with Gasteiger partial charge in [0.05, 0.1) is 19.3 Å². The Bertz CT molecular complexity index is 979. The minimum Gasteiger partial charge on any atom is -0.480 e. The van der Waals surface area contributed by atoms with Crippen molar-refractivity contribution in [3.63, 3.8) is 0 Å². The van der Waals surface area contributed by atoms with Gasteiger partial charge in [0.15, 0.2) is 0 Å². The van der Waals surface area contributed by atoms with Gasteiger partial charge in [-0.2, -0.15) is 0 Å². The number of nitrogens with zero attached hydrogens (tertiary/aromatic N) is 3. The molecule has 0 spiro atoms. The van der Waals surface area contributed by atoms with Gasteiger partial charge in [-0.3, -0.25) is 14.4 Å². The average Bonchev–Trinajstić information content (AvgIpc) is 3.59. The topological polar surface area (TPSA) is 219 Å². The van der Waals surface area contributed by atoms with E-state index in [1.807, 2.05) is 0 Å². The zero-order valence-corrected chi connectivity index (χ0v) is 18.3. The zero-order valence-electron chi connectivity index (χ0n) is 18.3. The van der Waals surface area contributed by atoms with Crippen molar-refractivity contribution in [1.82, 2.24) is 35.5 Å². The molecule has 1 saturated heterocycles. The van der Waals surface area contributed by atoms with Crippen molar-refractivity contribution in [3.05, 3.63) is 36.4 Å². The number of carbonyl (C=O) groups excluding carboxylic acids is 3. The van der Waals surface area contributed by atoms with Crippen LogP contribution in [0.1, 0.15) is 24.2 Å². The van der Waals surface area contributed by atoms with Crippen molar-refractivity contribution >= 4 is 23.7 Å². The lowest BCUT2D eigenvalue weighted by molar-refractivity contribution is -0.149. The van der Waals surface area contributed by atoms with Crippen LogP contribution < -0.4 is 16.4 Å². The fourth-order valence-electron chi connectivity index (χ4n) is 3.76. The van der Waals surface area contributed by atoms with Crippen molar-refractivity contribution in [2.45, 2.75) is 49.9 Å². The maximum atomic E-state index is 13.3. The van der Waals surface area contributed by atoms with Crippen molar-refractivity contribution < 1.29 is 29.4 Å². The second kappa shape index (κ2) is 11.4. The summed E-state index contributed by atoms with van der Waals surface area (Å²) in [5, 5.41) is 23.8. The number of hydrogen-bond acceptors (Lipinski definition) is 8. The summed E-state index contributed by atoms with van der Waals surface area (Å²) < 4.78 is 0. The number of carboxylic acid groups (broad SMARTS) is 1. The number of likely N-dealkylation sites (tertiary alicyclic amines) is 1. The van der Waals surface area contributed by atoms with E-state index in [0.717, 1.165) is 0 Å². The van der Waals surface area contributed by atoms with Crippen LogP contribution in [0.15, 0.2) is 25.0 Å². The minimum absolute atomic E-state index is 0.0160. The van der Waals surface area contributed by atoms with Gasteiger partial charge in [0.25, 0.3) is 0 Å². The molecule has 4 atom stereocenters. The highest BCUT2D eigenvalue weighted by Crippen LogP contribution is 2.19. The molecular weight excluding hydrogens is 448 g/mol. The Morgan fingerprint density at radius 3 is 2.18 bits per heavy atom. The van der Waals surface area contributed by atoms with Crippen LogP contribution >= 0.6 is 0 Å². The third-order valence-corrected chi connectivity index (χ3v) is 5.56. The van der Waals surface area contributed by atoms with E-state index in [-0.39, 0.29) is 19.4 Å². The number of aliphatic hydroxyl groups is 1. The molecule has 0 aliphatic carbocycles. The molecule has 0 saturated carbocycles. The number of H-pyrrole nitrogens is 2. The molecule has 1 fully saturated rings. The molecule has 2 aromatic heterocycles. The Morgan fingerprint density at radius 1 is 1.06 bits per heavy atom. The van der Waals surface area contributed by atoms with E-state index in [2.05, 4.69) is 30.6 Å². The number of hydrogen-bond donors (Lipinski definition) is 7. The SMILES string of the molecule is NC(CO)C(=O)NC(Cc1cnc[nH]1)C(=O)NC(Cc1cnc[nH]1)C(=O)N1CCCC1C(=O)O. The number of imidazole rings is 2. The van der Waals surface area contributed by atoms with E-state index in [0.29, 0.717) is 24.2 Å². The third kappa shape index (κ3) is 6.17. The number of aliphatic carboxylic acids is 1. The number of nitrogens with one attached hydrogen (secondary N) is 4. The van der Waals surface area contributed by atoms with Gasteiger partial charge in [-0.25, -0.2) is 14.8 Å².